The van der Waals surface area contributed by atoms with E-state index in [1.54, 1.807) is 14.2 Å². The number of alkyl halides is 1. The van der Waals surface area contributed by atoms with Crippen molar-refractivity contribution in [3.8, 4) is 0 Å². The quantitative estimate of drug-likeness (QED) is 0.759. The minimum Gasteiger partial charge on any atom is -0.383 e. The molecular weight excluding hydrogens is 245 g/mol. The van der Waals surface area contributed by atoms with Crippen LogP contribution in [-0.4, -0.2) is 43.5 Å². The molecule has 0 saturated carbocycles. The first-order chi connectivity index (χ1) is 8.04. The van der Waals surface area contributed by atoms with Gasteiger partial charge in [0.1, 0.15) is 5.82 Å². The lowest BCUT2D eigenvalue weighted by molar-refractivity contribution is 0.0781. The molecule has 3 nitrogen and oxygen atoms in total. The molecule has 17 heavy (non-hydrogen) atoms. The van der Waals surface area contributed by atoms with Crippen molar-refractivity contribution in [3.63, 3.8) is 0 Å². The molecule has 1 amide bonds. The Bertz CT molecular complexity index is 369. The largest absolute Gasteiger partial charge is 0.383 e. The third kappa shape index (κ3) is 4.32. The Hall–Kier alpha value is -1.13. The van der Waals surface area contributed by atoms with E-state index in [0.29, 0.717) is 18.7 Å². The van der Waals surface area contributed by atoms with E-state index < -0.39 is 0 Å². The van der Waals surface area contributed by atoms with Crippen molar-refractivity contribution < 1.29 is 13.9 Å². The number of carbonyl (C=O) groups is 1. The number of hydrogen-bond acceptors (Lipinski definition) is 2. The molecule has 1 aromatic carbocycles. The summed E-state index contributed by atoms with van der Waals surface area (Å²) in [6, 6.07) is 5.42. The van der Waals surface area contributed by atoms with E-state index in [2.05, 4.69) is 0 Å². The average molecular weight is 260 g/mol. The van der Waals surface area contributed by atoms with Crippen LogP contribution in [0.5, 0.6) is 0 Å². The zero-order valence-electron chi connectivity index (χ0n) is 9.82. The van der Waals surface area contributed by atoms with Gasteiger partial charge in [-0.25, -0.2) is 4.39 Å². The fourth-order valence-corrected chi connectivity index (χ4v) is 1.76. The second-order valence-electron chi connectivity index (χ2n) is 3.75. The van der Waals surface area contributed by atoms with Crippen LogP contribution in [0, 0.1) is 5.82 Å². The number of halogens is 2. The maximum atomic E-state index is 12.7. The van der Waals surface area contributed by atoms with Crippen LogP contribution in [0.25, 0.3) is 0 Å². The minimum absolute atomic E-state index is 0.188. The molecule has 1 rings (SSSR count). The molecule has 1 unspecified atom stereocenters. The highest BCUT2D eigenvalue weighted by molar-refractivity contribution is 6.21. The molecule has 1 atom stereocenters. The molecule has 0 N–H and O–H groups in total. The zero-order chi connectivity index (χ0) is 12.8. The summed E-state index contributed by atoms with van der Waals surface area (Å²) in [5.41, 5.74) is 0.440. The molecule has 5 heteroatoms. The van der Waals surface area contributed by atoms with Gasteiger partial charge < -0.3 is 9.64 Å². The van der Waals surface area contributed by atoms with E-state index in [1.165, 1.54) is 29.2 Å². The van der Waals surface area contributed by atoms with Crippen LogP contribution < -0.4 is 0 Å². The van der Waals surface area contributed by atoms with Gasteiger partial charge in [0, 0.05) is 26.3 Å². The highest BCUT2D eigenvalue weighted by Gasteiger charge is 2.15. The van der Waals surface area contributed by atoms with E-state index in [-0.39, 0.29) is 17.1 Å². The Morgan fingerprint density at radius 3 is 2.59 bits per heavy atom. The number of methoxy groups -OCH3 is 1. The molecule has 0 aliphatic rings. The number of benzene rings is 1. The van der Waals surface area contributed by atoms with E-state index in [9.17, 15) is 9.18 Å². The predicted molar refractivity (Wildman–Crippen MR) is 64.9 cm³/mol. The van der Waals surface area contributed by atoms with E-state index in [1.807, 2.05) is 0 Å². The highest BCUT2D eigenvalue weighted by Crippen LogP contribution is 2.07. The summed E-state index contributed by atoms with van der Waals surface area (Å²) < 4.78 is 17.6. The molecule has 0 bridgehead atoms. The second kappa shape index (κ2) is 6.57. The van der Waals surface area contributed by atoms with Crippen molar-refractivity contribution in [2.24, 2.45) is 0 Å². The maximum absolute atomic E-state index is 12.7. The van der Waals surface area contributed by atoms with E-state index in [0.717, 1.165) is 0 Å². The van der Waals surface area contributed by atoms with Gasteiger partial charge in [-0.1, -0.05) is 0 Å². The van der Waals surface area contributed by atoms with Gasteiger partial charge in [0.15, 0.2) is 0 Å². The fourth-order valence-electron chi connectivity index (χ4n) is 1.43. The number of hydrogen-bond donors (Lipinski definition) is 0. The Morgan fingerprint density at radius 2 is 2.06 bits per heavy atom. The van der Waals surface area contributed by atoms with Crippen LogP contribution in [0.1, 0.15) is 10.4 Å². The molecule has 0 spiro atoms. The summed E-state index contributed by atoms with van der Waals surface area (Å²) in [5, 5.41) is -0.255. The van der Waals surface area contributed by atoms with Gasteiger partial charge in [0.25, 0.3) is 5.91 Å². The number of nitrogens with zero attached hydrogens (tertiary/aromatic N) is 1. The molecule has 94 valence electrons. The Kier molecular flexibility index (Phi) is 5.38. The van der Waals surface area contributed by atoms with Crippen molar-refractivity contribution in [3.05, 3.63) is 35.6 Å². The number of amides is 1. The number of ether oxygens (including phenoxy) is 1. The van der Waals surface area contributed by atoms with Crippen LogP contribution >= 0.6 is 11.6 Å². The molecule has 0 heterocycles. The van der Waals surface area contributed by atoms with Crippen molar-refractivity contribution in [2.45, 2.75) is 5.38 Å². The molecule has 1 aromatic rings. The average Bonchev–Trinajstić information content (AvgIpc) is 2.29. The molecule has 0 aliphatic heterocycles. The molecular formula is C12H15ClFNO2. The Labute approximate surface area is 105 Å². The van der Waals surface area contributed by atoms with Crippen molar-refractivity contribution in [1.82, 2.24) is 4.90 Å². The van der Waals surface area contributed by atoms with Gasteiger partial charge in [-0.2, -0.15) is 0 Å². The van der Waals surface area contributed by atoms with Crippen molar-refractivity contribution in [2.75, 3.05) is 27.3 Å². The summed E-state index contributed by atoms with van der Waals surface area (Å²) in [4.78, 5) is 13.4. The molecule has 0 aliphatic carbocycles. The molecule has 0 radical (unpaired) electrons. The van der Waals surface area contributed by atoms with Crippen LogP contribution in [0.4, 0.5) is 4.39 Å². The zero-order valence-corrected chi connectivity index (χ0v) is 10.6. The van der Waals surface area contributed by atoms with Crippen LogP contribution in [0.3, 0.4) is 0 Å². The van der Waals surface area contributed by atoms with E-state index in [4.69, 9.17) is 16.3 Å². The highest BCUT2D eigenvalue weighted by atomic mass is 35.5. The first-order valence-corrected chi connectivity index (χ1v) is 5.62. The van der Waals surface area contributed by atoms with Gasteiger partial charge in [0.05, 0.1) is 12.0 Å². The Balaban J connectivity index is 2.60. The first kappa shape index (κ1) is 13.9. The van der Waals surface area contributed by atoms with Gasteiger partial charge >= 0.3 is 0 Å². The molecule has 0 fully saturated rings. The topological polar surface area (TPSA) is 29.5 Å². The Morgan fingerprint density at radius 1 is 1.47 bits per heavy atom. The van der Waals surface area contributed by atoms with Crippen molar-refractivity contribution >= 4 is 17.5 Å². The lowest BCUT2D eigenvalue weighted by atomic mass is 10.2. The van der Waals surface area contributed by atoms with Crippen LogP contribution in [0.15, 0.2) is 24.3 Å². The molecule has 0 aromatic heterocycles. The third-order valence-corrected chi connectivity index (χ3v) is 2.52. The summed E-state index contributed by atoms with van der Waals surface area (Å²) in [6.07, 6.45) is 0. The molecule has 0 saturated heterocycles. The smallest absolute Gasteiger partial charge is 0.253 e. The van der Waals surface area contributed by atoms with E-state index >= 15 is 0 Å². The fraction of sp³-hybridized carbons (Fsp3) is 0.417. The third-order valence-electron chi connectivity index (χ3n) is 2.26. The SMILES string of the molecule is COCC(Cl)CN(C)C(=O)c1ccc(F)cc1. The maximum Gasteiger partial charge on any atom is 0.253 e. The normalized spacial score (nSPS) is 12.2. The van der Waals surface area contributed by atoms with Crippen molar-refractivity contribution in [1.29, 1.82) is 0 Å². The summed E-state index contributed by atoms with van der Waals surface area (Å²) in [7, 11) is 3.20. The lowest BCUT2D eigenvalue weighted by Crippen LogP contribution is -2.33. The van der Waals surface area contributed by atoms with Gasteiger partial charge in [-0.15, -0.1) is 11.6 Å². The standard InChI is InChI=1S/C12H15ClFNO2/c1-15(7-10(13)8-17-2)12(16)9-3-5-11(14)6-4-9/h3-6,10H,7-8H2,1-2H3. The second-order valence-corrected chi connectivity index (χ2v) is 4.36. The lowest BCUT2D eigenvalue weighted by Gasteiger charge is -2.20. The summed E-state index contributed by atoms with van der Waals surface area (Å²) in [6.45, 7) is 0.758. The number of rotatable bonds is 5. The summed E-state index contributed by atoms with van der Waals surface area (Å²) >= 11 is 5.95. The number of carbonyl (C=O) groups excluding carboxylic acids is 1. The summed E-state index contributed by atoms with van der Waals surface area (Å²) in [5.74, 6) is -0.550. The predicted octanol–water partition coefficient (Wildman–Crippen LogP) is 2.15. The first-order valence-electron chi connectivity index (χ1n) is 5.18. The monoisotopic (exact) mass is 259 g/mol. The van der Waals surface area contributed by atoms with Gasteiger partial charge in [-0.3, -0.25) is 4.79 Å². The van der Waals surface area contributed by atoms with Crippen LogP contribution in [0.2, 0.25) is 0 Å². The van der Waals surface area contributed by atoms with Gasteiger partial charge in [0.2, 0.25) is 0 Å². The van der Waals surface area contributed by atoms with Crippen LogP contribution in [-0.2, 0) is 4.74 Å². The van der Waals surface area contributed by atoms with Gasteiger partial charge in [-0.05, 0) is 24.3 Å². The minimum atomic E-state index is -0.362.